The Balaban J connectivity index is 2.71. The number of allylic oxidation sites excluding steroid dienone is 1. The number of phenolic OH excluding ortho intramolecular Hbond substituents is 1. The first-order chi connectivity index (χ1) is 8.90. The maximum absolute atomic E-state index is 11.2. The Labute approximate surface area is 109 Å². The lowest BCUT2D eigenvalue weighted by Crippen LogP contribution is -2.07. The summed E-state index contributed by atoms with van der Waals surface area (Å²) in [6.07, 6.45) is 1.61. The molecule has 0 spiro atoms. The van der Waals surface area contributed by atoms with Crippen molar-refractivity contribution < 1.29 is 14.4 Å². The summed E-state index contributed by atoms with van der Waals surface area (Å²) in [6, 6.07) is 4.28. The van der Waals surface area contributed by atoms with Crippen molar-refractivity contribution in [1.82, 2.24) is 4.90 Å². The number of hydrogen-bond acceptors (Lipinski definition) is 5. The molecule has 0 amide bonds. The Morgan fingerprint density at radius 2 is 2.16 bits per heavy atom. The zero-order valence-electron chi connectivity index (χ0n) is 10.9. The number of hydrogen-bond donors (Lipinski definition) is 1. The van der Waals surface area contributed by atoms with E-state index in [1.54, 1.807) is 6.08 Å². The Morgan fingerprint density at radius 1 is 1.47 bits per heavy atom. The van der Waals surface area contributed by atoms with Crippen LogP contribution < -0.4 is 0 Å². The zero-order valence-corrected chi connectivity index (χ0v) is 10.9. The summed E-state index contributed by atoms with van der Waals surface area (Å²) in [5.74, 6) is 0.146. The lowest BCUT2D eigenvalue weighted by Gasteiger charge is -2.11. The van der Waals surface area contributed by atoms with E-state index in [2.05, 4.69) is 0 Å². The van der Waals surface area contributed by atoms with Gasteiger partial charge >= 0.3 is 5.69 Å². The molecule has 2 rings (SSSR count). The van der Waals surface area contributed by atoms with Gasteiger partial charge in [-0.25, -0.2) is 0 Å². The van der Waals surface area contributed by atoms with E-state index in [9.17, 15) is 15.2 Å². The second-order valence-electron chi connectivity index (χ2n) is 4.43. The molecule has 2 aromatic rings. The van der Waals surface area contributed by atoms with Crippen LogP contribution in [0.25, 0.3) is 17.0 Å². The Hall–Kier alpha value is -2.50. The zero-order chi connectivity index (χ0) is 14.2. The van der Waals surface area contributed by atoms with Crippen molar-refractivity contribution in [2.24, 2.45) is 0 Å². The van der Waals surface area contributed by atoms with Crippen LogP contribution in [-0.2, 0) is 0 Å². The molecule has 100 valence electrons. The van der Waals surface area contributed by atoms with Crippen molar-refractivity contribution in [1.29, 1.82) is 0 Å². The summed E-state index contributed by atoms with van der Waals surface area (Å²) in [4.78, 5) is 12.5. The number of fused-ring (bicyclic) bond motifs is 1. The molecule has 0 bridgehead atoms. The standard InChI is InChI=1S/C13H14N2O4/c1-8(14(2)3)6-12-13(15(17)18)10-7-9(16)4-5-11(10)19-12/h4-7,16H,1-3H3. The fourth-order valence-electron chi connectivity index (χ4n) is 1.70. The molecule has 1 aromatic heterocycles. The molecule has 0 aliphatic rings. The second kappa shape index (κ2) is 4.64. The SMILES string of the molecule is CC(=Cc1oc2ccc(O)cc2c1[N+](=O)[O-])N(C)C. The molecule has 19 heavy (non-hydrogen) atoms. The van der Waals surface area contributed by atoms with E-state index in [-0.39, 0.29) is 17.2 Å². The Morgan fingerprint density at radius 3 is 2.74 bits per heavy atom. The van der Waals surface area contributed by atoms with Gasteiger partial charge in [-0.2, -0.15) is 0 Å². The largest absolute Gasteiger partial charge is 0.508 e. The highest BCUT2D eigenvalue weighted by molar-refractivity contribution is 5.92. The Kier molecular flexibility index (Phi) is 3.16. The first kappa shape index (κ1) is 12.9. The highest BCUT2D eigenvalue weighted by Gasteiger charge is 2.23. The van der Waals surface area contributed by atoms with Crippen molar-refractivity contribution in [3.63, 3.8) is 0 Å². The summed E-state index contributed by atoms with van der Waals surface area (Å²) in [6.45, 7) is 1.83. The number of aromatic hydroxyl groups is 1. The third-order valence-corrected chi connectivity index (χ3v) is 2.90. The fraction of sp³-hybridized carbons (Fsp3) is 0.231. The summed E-state index contributed by atoms with van der Waals surface area (Å²) >= 11 is 0. The minimum absolute atomic E-state index is 0.0312. The van der Waals surface area contributed by atoms with E-state index in [4.69, 9.17) is 4.42 Å². The summed E-state index contributed by atoms with van der Waals surface area (Å²) in [5, 5.41) is 20.9. The van der Waals surface area contributed by atoms with E-state index in [0.717, 1.165) is 5.70 Å². The van der Waals surface area contributed by atoms with Crippen molar-refractivity contribution in [3.05, 3.63) is 39.8 Å². The van der Waals surface area contributed by atoms with Crippen molar-refractivity contribution in [2.45, 2.75) is 6.92 Å². The van der Waals surface area contributed by atoms with Gasteiger partial charge in [0.2, 0.25) is 5.76 Å². The molecule has 0 saturated heterocycles. The van der Waals surface area contributed by atoms with Crippen LogP contribution in [0.4, 0.5) is 5.69 Å². The van der Waals surface area contributed by atoms with Crippen LogP contribution in [0, 0.1) is 10.1 Å². The van der Waals surface area contributed by atoms with Crippen LogP contribution in [0.15, 0.2) is 28.3 Å². The molecule has 0 aliphatic heterocycles. The van der Waals surface area contributed by atoms with E-state index >= 15 is 0 Å². The van der Waals surface area contributed by atoms with Gasteiger partial charge in [-0.3, -0.25) is 10.1 Å². The van der Waals surface area contributed by atoms with Gasteiger partial charge in [-0.1, -0.05) is 0 Å². The smallest absolute Gasteiger partial charge is 0.322 e. The first-order valence-electron chi connectivity index (χ1n) is 5.65. The molecule has 0 fully saturated rings. The first-order valence-corrected chi connectivity index (χ1v) is 5.65. The van der Waals surface area contributed by atoms with Crippen LogP contribution in [0.3, 0.4) is 0 Å². The molecule has 1 N–H and O–H groups in total. The summed E-state index contributed by atoms with van der Waals surface area (Å²) in [5.41, 5.74) is 1.07. The van der Waals surface area contributed by atoms with E-state index in [1.807, 2.05) is 25.9 Å². The van der Waals surface area contributed by atoms with Gasteiger partial charge in [0.05, 0.1) is 4.92 Å². The predicted molar refractivity (Wildman–Crippen MR) is 71.9 cm³/mol. The molecule has 0 radical (unpaired) electrons. The van der Waals surface area contributed by atoms with Gasteiger partial charge < -0.3 is 14.4 Å². The van der Waals surface area contributed by atoms with Crippen LogP contribution in [0.5, 0.6) is 5.75 Å². The highest BCUT2D eigenvalue weighted by atomic mass is 16.6. The monoisotopic (exact) mass is 262 g/mol. The van der Waals surface area contributed by atoms with Crippen molar-refractivity contribution in [3.8, 4) is 5.75 Å². The molecule has 0 saturated carbocycles. The minimum Gasteiger partial charge on any atom is -0.508 e. The number of nitrogens with zero attached hydrogens (tertiary/aromatic N) is 2. The molecule has 1 aromatic carbocycles. The Bertz CT molecular complexity index is 671. The average Bonchev–Trinajstić information content (AvgIpc) is 2.65. The maximum Gasteiger partial charge on any atom is 0.322 e. The fourth-order valence-corrected chi connectivity index (χ4v) is 1.70. The molecule has 0 atom stereocenters. The topological polar surface area (TPSA) is 79.8 Å². The maximum atomic E-state index is 11.2. The highest BCUT2D eigenvalue weighted by Crippen LogP contribution is 2.36. The van der Waals surface area contributed by atoms with Gasteiger partial charge in [0.15, 0.2) is 0 Å². The van der Waals surface area contributed by atoms with Gasteiger partial charge in [0.1, 0.15) is 16.7 Å². The third-order valence-electron chi connectivity index (χ3n) is 2.90. The van der Waals surface area contributed by atoms with Crippen LogP contribution >= 0.6 is 0 Å². The predicted octanol–water partition coefficient (Wildman–Crippen LogP) is 2.97. The van der Waals surface area contributed by atoms with Gasteiger partial charge in [-0.15, -0.1) is 0 Å². The molecule has 6 heteroatoms. The number of benzene rings is 1. The lowest BCUT2D eigenvalue weighted by molar-refractivity contribution is -0.383. The molecule has 1 heterocycles. The van der Waals surface area contributed by atoms with E-state index < -0.39 is 4.92 Å². The van der Waals surface area contributed by atoms with E-state index in [0.29, 0.717) is 11.0 Å². The molecule has 0 unspecified atom stereocenters. The molecular weight excluding hydrogens is 248 g/mol. The number of rotatable bonds is 3. The quantitative estimate of drug-likeness (QED) is 0.679. The van der Waals surface area contributed by atoms with Gasteiger partial charge in [-0.05, 0) is 25.1 Å². The number of furan rings is 1. The lowest BCUT2D eigenvalue weighted by atomic mass is 10.2. The van der Waals surface area contributed by atoms with E-state index in [1.165, 1.54) is 18.2 Å². The molecule has 0 aliphatic carbocycles. The van der Waals surface area contributed by atoms with Crippen molar-refractivity contribution >= 4 is 22.7 Å². The van der Waals surface area contributed by atoms with Crippen LogP contribution in [0.1, 0.15) is 12.7 Å². The van der Waals surface area contributed by atoms with Crippen molar-refractivity contribution in [2.75, 3.05) is 14.1 Å². The number of nitro groups is 1. The van der Waals surface area contributed by atoms with Gasteiger partial charge in [0, 0.05) is 25.9 Å². The number of phenols is 1. The van der Waals surface area contributed by atoms with Crippen LogP contribution in [0.2, 0.25) is 0 Å². The minimum atomic E-state index is -0.500. The van der Waals surface area contributed by atoms with Crippen LogP contribution in [-0.4, -0.2) is 29.0 Å². The normalized spacial score (nSPS) is 11.8. The molecular formula is C13H14N2O4. The summed E-state index contributed by atoms with van der Waals surface area (Å²) < 4.78 is 5.48. The second-order valence-corrected chi connectivity index (χ2v) is 4.43. The van der Waals surface area contributed by atoms with Gasteiger partial charge in [0.25, 0.3) is 0 Å². The molecule has 6 nitrogen and oxygen atoms in total. The third kappa shape index (κ3) is 2.37. The average molecular weight is 262 g/mol. The summed E-state index contributed by atoms with van der Waals surface area (Å²) in [7, 11) is 3.68.